The van der Waals surface area contributed by atoms with Crippen LogP contribution < -0.4 is 10.0 Å². The molecule has 41 heavy (non-hydrogen) atoms. The van der Waals surface area contributed by atoms with E-state index in [1.54, 1.807) is 22.8 Å². The maximum Gasteiger partial charge on any atom is 0.235 e. The molecule has 1 aliphatic carbocycles. The highest BCUT2D eigenvalue weighted by molar-refractivity contribution is 7.93. The van der Waals surface area contributed by atoms with Gasteiger partial charge in [-0.3, -0.25) is 14.4 Å². The average Bonchev–Trinajstić information content (AvgIpc) is 3.57. The van der Waals surface area contributed by atoms with E-state index in [0.29, 0.717) is 30.0 Å². The highest BCUT2D eigenvalue weighted by atomic mass is 32.2. The number of hydrogen-bond acceptors (Lipinski definition) is 6. The Morgan fingerprint density at radius 2 is 1.66 bits per heavy atom. The summed E-state index contributed by atoms with van der Waals surface area (Å²) < 4.78 is 60.2. The molecule has 1 saturated heterocycles. The molecule has 0 spiro atoms. The number of rotatable bonds is 7. The maximum absolute atomic E-state index is 14.7. The number of hydrogen-bond donors (Lipinski definition) is 2. The number of nitrogens with one attached hydrogen (secondary N) is 2. The Hall–Kier alpha value is -4.16. The number of pyridine rings is 2. The first-order chi connectivity index (χ1) is 19.8. The first kappa shape index (κ1) is 25.8. The summed E-state index contributed by atoms with van der Waals surface area (Å²) in [6.45, 7) is 1.97. The molecule has 0 unspecified atom stereocenters. The SMILES string of the molecule is O=S(=O)(Nc1cc(-c2ncc(F)cc2F)cc(-c2cnn3cc(-c4cnn(C5CCNCC5)c4)ccc23)c1)C1CC1. The molecule has 7 rings (SSSR count). The van der Waals surface area contributed by atoms with Gasteiger partial charge in [0.2, 0.25) is 10.0 Å². The summed E-state index contributed by atoms with van der Waals surface area (Å²) in [7, 11) is -3.58. The molecule has 1 aliphatic heterocycles. The van der Waals surface area contributed by atoms with E-state index in [9.17, 15) is 17.2 Å². The third-order valence-corrected chi connectivity index (χ3v) is 9.55. The van der Waals surface area contributed by atoms with Crippen molar-refractivity contribution in [2.24, 2.45) is 0 Å². The van der Waals surface area contributed by atoms with Crippen LogP contribution in [0.15, 0.2) is 67.4 Å². The third kappa shape index (κ3) is 5.08. The molecular formula is C29H27F2N7O2S. The van der Waals surface area contributed by atoms with Gasteiger partial charge in [0.15, 0.2) is 5.82 Å². The lowest BCUT2D eigenvalue weighted by atomic mass is 10.0. The van der Waals surface area contributed by atoms with Gasteiger partial charge >= 0.3 is 0 Å². The summed E-state index contributed by atoms with van der Waals surface area (Å²) in [5.74, 6) is -1.63. The van der Waals surface area contributed by atoms with Crippen LogP contribution in [0.4, 0.5) is 14.5 Å². The van der Waals surface area contributed by atoms with E-state index in [4.69, 9.17) is 0 Å². The van der Waals surface area contributed by atoms with E-state index in [-0.39, 0.29) is 11.4 Å². The number of sulfonamides is 1. The predicted octanol–water partition coefficient (Wildman–Crippen LogP) is 5.03. The molecule has 0 atom stereocenters. The van der Waals surface area contributed by atoms with Crippen molar-refractivity contribution in [1.82, 2.24) is 29.7 Å². The van der Waals surface area contributed by atoms with Gasteiger partial charge in [-0.25, -0.2) is 21.7 Å². The summed E-state index contributed by atoms with van der Waals surface area (Å²) in [6, 6.07) is 9.97. The molecular weight excluding hydrogens is 548 g/mol. The maximum atomic E-state index is 14.7. The largest absolute Gasteiger partial charge is 0.317 e. The quantitative estimate of drug-likeness (QED) is 0.282. The van der Waals surface area contributed by atoms with Crippen LogP contribution in [0.5, 0.6) is 0 Å². The van der Waals surface area contributed by atoms with Gasteiger partial charge in [0.25, 0.3) is 0 Å². The Kier molecular flexibility index (Phi) is 6.31. The molecule has 1 aromatic carbocycles. The summed E-state index contributed by atoms with van der Waals surface area (Å²) in [6.07, 6.45) is 11.7. The standard InChI is InChI=1S/C29H27F2N7O2S/c30-22-12-27(31)29(33-14-22)20-9-19(10-23(11-20)36-41(39,40)25-2-3-25)26-15-35-38-16-18(1-4-28(26)38)21-13-34-37(17-21)24-5-7-32-8-6-24/h1,4,9-17,24-25,32,36H,2-3,5-8H2. The fraction of sp³-hybridized carbons (Fsp3) is 0.276. The first-order valence-electron chi connectivity index (χ1n) is 13.6. The van der Waals surface area contributed by atoms with Crippen LogP contribution >= 0.6 is 0 Å². The number of aromatic nitrogens is 5. The normalized spacial score (nSPS) is 16.3. The zero-order valence-corrected chi connectivity index (χ0v) is 22.8. The first-order valence-corrected chi connectivity index (χ1v) is 15.1. The van der Waals surface area contributed by atoms with E-state index in [0.717, 1.165) is 60.4 Å². The van der Waals surface area contributed by atoms with E-state index >= 15 is 0 Å². The molecule has 1 saturated carbocycles. The zero-order valence-electron chi connectivity index (χ0n) is 22.0. The Bertz CT molecular complexity index is 1880. The molecule has 210 valence electrons. The van der Waals surface area contributed by atoms with E-state index in [2.05, 4.69) is 31.4 Å². The Morgan fingerprint density at radius 3 is 2.44 bits per heavy atom. The van der Waals surface area contributed by atoms with E-state index < -0.39 is 26.9 Å². The number of anilines is 1. The second kappa shape index (κ2) is 10.0. The summed E-state index contributed by atoms with van der Waals surface area (Å²) in [5, 5.41) is 12.1. The van der Waals surface area contributed by atoms with Crippen molar-refractivity contribution in [3.8, 4) is 33.5 Å². The molecule has 0 bridgehead atoms. The fourth-order valence-corrected chi connectivity index (χ4v) is 6.74. The molecule has 5 aromatic rings. The molecule has 4 aromatic heterocycles. The minimum Gasteiger partial charge on any atom is -0.317 e. The highest BCUT2D eigenvalue weighted by Gasteiger charge is 2.36. The molecule has 0 amide bonds. The predicted molar refractivity (Wildman–Crippen MR) is 152 cm³/mol. The average molecular weight is 576 g/mol. The van der Waals surface area contributed by atoms with Crippen molar-refractivity contribution in [3.05, 3.63) is 79.0 Å². The van der Waals surface area contributed by atoms with Gasteiger partial charge < -0.3 is 5.32 Å². The molecule has 5 heterocycles. The monoisotopic (exact) mass is 575 g/mol. The Labute approximate surface area is 235 Å². The van der Waals surface area contributed by atoms with Crippen molar-refractivity contribution in [2.75, 3.05) is 17.8 Å². The number of halogens is 2. The lowest BCUT2D eigenvalue weighted by Gasteiger charge is -2.22. The summed E-state index contributed by atoms with van der Waals surface area (Å²) in [4.78, 5) is 3.94. The second-order valence-electron chi connectivity index (χ2n) is 10.6. The van der Waals surface area contributed by atoms with Crippen LogP contribution in [-0.2, 0) is 10.0 Å². The van der Waals surface area contributed by atoms with Crippen LogP contribution in [-0.4, -0.2) is 51.1 Å². The molecule has 12 heteroatoms. The van der Waals surface area contributed by atoms with Crippen molar-refractivity contribution < 1.29 is 17.2 Å². The van der Waals surface area contributed by atoms with Gasteiger partial charge in [0.1, 0.15) is 11.5 Å². The molecule has 9 nitrogen and oxygen atoms in total. The van der Waals surface area contributed by atoms with Gasteiger partial charge in [0, 0.05) is 46.4 Å². The van der Waals surface area contributed by atoms with Crippen molar-refractivity contribution in [1.29, 1.82) is 0 Å². The van der Waals surface area contributed by atoms with Gasteiger partial charge in [-0.05, 0) is 68.6 Å². The molecule has 2 aliphatic rings. The lowest BCUT2D eigenvalue weighted by molar-refractivity contribution is 0.343. The molecule has 2 fully saturated rings. The van der Waals surface area contributed by atoms with Crippen LogP contribution in [0.25, 0.3) is 39.0 Å². The zero-order chi connectivity index (χ0) is 28.1. The third-order valence-electron chi connectivity index (χ3n) is 7.68. The smallest absolute Gasteiger partial charge is 0.235 e. The van der Waals surface area contributed by atoms with Gasteiger partial charge in [-0.1, -0.05) is 6.07 Å². The van der Waals surface area contributed by atoms with E-state index in [1.165, 1.54) is 6.07 Å². The van der Waals surface area contributed by atoms with Gasteiger partial charge in [-0.15, -0.1) is 0 Å². The fourth-order valence-electron chi connectivity index (χ4n) is 5.37. The second-order valence-corrected chi connectivity index (χ2v) is 12.6. The highest BCUT2D eigenvalue weighted by Crippen LogP contribution is 2.36. The molecule has 0 radical (unpaired) electrons. The Morgan fingerprint density at radius 1 is 0.854 bits per heavy atom. The van der Waals surface area contributed by atoms with Crippen molar-refractivity contribution in [3.63, 3.8) is 0 Å². The van der Waals surface area contributed by atoms with Crippen LogP contribution in [0, 0.1) is 11.6 Å². The Balaban J connectivity index is 1.27. The van der Waals surface area contributed by atoms with Gasteiger partial charge in [0.05, 0.1) is 35.4 Å². The van der Waals surface area contributed by atoms with Gasteiger partial charge in [-0.2, -0.15) is 10.2 Å². The van der Waals surface area contributed by atoms with Crippen molar-refractivity contribution >= 4 is 21.2 Å². The van der Waals surface area contributed by atoms with Crippen LogP contribution in [0.2, 0.25) is 0 Å². The lowest BCUT2D eigenvalue weighted by Crippen LogP contribution is -2.29. The number of nitrogens with zero attached hydrogens (tertiary/aromatic N) is 5. The molecule has 2 N–H and O–H groups in total. The van der Waals surface area contributed by atoms with Crippen LogP contribution in [0.1, 0.15) is 31.7 Å². The minimum absolute atomic E-state index is 0.0790. The van der Waals surface area contributed by atoms with E-state index in [1.807, 2.05) is 29.2 Å². The summed E-state index contributed by atoms with van der Waals surface area (Å²) in [5.41, 5.74) is 4.56. The van der Waals surface area contributed by atoms with Crippen molar-refractivity contribution in [2.45, 2.75) is 37.0 Å². The topological polar surface area (TPSA) is 106 Å². The number of benzene rings is 1. The number of fused-ring (bicyclic) bond motifs is 1. The van der Waals surface area contributed by atoms with Crippen LogP contribution in [0.3, 0.4) is 0 Å². The summed E-state index contributed by atoms with van der Waals surface area (Å²) >= 11 is 0. The minimum atomic E-state index is -3.58. The number of piperidine rings is 1.